The van der Waals surface area contributed by atoms with E-state index in [9.17, 15) is 13.2 Å². The fourth-order valence-electron chi connectivity index (χ4n) is 2.14. The average Bonchev–Trinajstić information content (AvgIpc) is 2.65. The first kappa shape index (κ1) is 14.5. The SMILES string of the molecule is CNS(=O)(=O)c1cc(Br)cc2c1C(=O)N(C(C)C)C2. The second kappa shape index (κ2) is 4.88. The van der Waals surface area contributed by atoms with Gasteiger partial charge in [-0.1, -0.05) is 15.9 Å². The van der Waals surface area contributed by atoms with Crippen molar-refractivity contribution in [2.45, 2.75) is 31.3 Å². The molecule has 1 amide bonds. The van der Waals surface area contributed by atoms with E-state index in [2.05, 4.69) is 20.7 Å². The Balaban J connectivity index is 2.67. The first-order valence-corrected chi connectivity index (χ1v) is 8.12. The van der Waals surface area contributed by atoms with E-state index in [1.165, 1.54) is 13.1 Å². The lowest BCUT2D eigenvalue weighted by atomic mass is 10.1. The molecule has 7 heteroatoms. The predicted molar refractivity (Wildman–Crippen MR) is 75.4 cm³/mol. The highest BCUT2D eigenvalue weighted by molar-refractivity contribution is 9.10. The van der Waals surface area contributed by atoms with Crippen molar-refractivity contribution in [3.05, 3.63) is 27.7 Å². The Morgan fingerprint density at radius 3 is 2.53 bits per heavy atom. The van der Waals surface area contributed by atoms with Crippen LogP contribution in [0.25, 0.3) is 0 Å². The number of rotatable bonds is 3. The van der Waals surface area contributed by atoms with Crippen LogP contribution in [0.5, 0.6) is 0 Å². The van der Waals surface area contributed by atoms with Gasteiger partial charge in [0.25, 0.3) is 5.91 Å². The quantitative estimate of drug-likeness (QED) is 0.906. The summed E-state index contributed by atoms with van der Waals surface area (Å²) in [5.41, 5.74) is 1.02. The van der Waals surface area contributed by atoms with Gasteiger partial charge in [-0.2, -0.15) is 0 Å². The summed E-state index contributed by atoms with van der Waals surface area (Å²) < 4.78 is 27.0. The van der Waals surface area contributed by atoms with Crippen LogP contribution in [0.2, 0.25) is 0 Å². The molecule has 2 rings (SSSR count). The number of carbonyl (C=O) groups is 1. The third kappa shape index (κ3) is 2.42. The van der Waals surface area contributed by atoms with Crippen LogP contribution in [0, 0.1) is 0 Å². The molecule has 0 saturated carbocycles. The monoisotopic (exact) mass is 346 g/mol. The third-order valence-corrected chi connectivity index (χ3v) is 5.04. The molecule has 0 radical (unpaired) electrons. The lowest BCUT2D eigenvalue weighted by molar-refractivity contribution is 0.0728. The molecule has 0 aliphatic carbocycles. The second-order valence-electron chi connectivity index (χ2n) is 4.67. The first-order chi connectivity index (χ1) is 8.77. The van der Waals surface area contributed by atoms with Crippen molar-refractivity contribution in [2.75, 3.05) is 7.05 Å². The molecule has 0 fully saturated rings. The standard InChI is InChI=1S/C12H15BrN2O3S/c1-7(2)15-6-8-4-9(13)5-10(11(8)12(15)16)19(17,18)14-3/h4-5,7,14H,6H2,1-3H3. The largest absolute Gasteiger partial charge is 0.332 e. The van der Waals surface area contributed by atoms with Gasteiger partial charge in [-0.25, -0.2) is 13.1 Å². The van der Waals surface area contributed by atoms with Gasteiger partial charge in [-0.3, -0.25) is 4.79 Å². The summed E-state index contributed by atoms with van der Waals surface area (Å²) >= 11 is 3.29. The number of hydrogen-bond acceptors (Lipinski definition) is 3. The maximum atomic E-state index is 12.4. The minimum Gasteiger partial charge on any atom is -0.332 e. The van der Waals surface area contributed by atoms with Crippen molar-refractivity contribution in [2.24, 2.45) is 0 Å². The highest BCUT2D eigenvalue weighted by Crippen LogP contribution is 2.32. The average molecular weight is 347 g/mol. The van der Waals surface area contributed by atoms with Crippen LogP contribution < -0.4 is 4.72 Å². The van der Waals surface area contributed by atoms with E-state index in [1.54, 1.807) is 11.0 Å². The van der Waals surface area contributed by atoms with Crippen molar-refractivity contribution < 1.29 is 13.2 Å². The second-order valence-corrected chi connectivity index (χ2v) is 7.44. The maximum absolute atomic E-state index is 12.4. The van der Waals surface area contributed by atoms with Gasteiger partial charge in [0.05, 0.1) is 10.5 Å². The molecule has 1 aliphatic rings. The van der Waals surface area contributed by atoms with Gasteiger partial charge in [-0.15, -0.1) is 0 Å². The lowest BCUT2D eigenvalue weighted by Crippen LogP contribution is -2.31. The van der Waals surface area contributed by atoms with Crippen LogP contribution >= 0.6 is 15.9 Å². The zero-order valence-corrected chi connectivity index (χ0v) is 13.3. The number of halogens is 1. The third-order valence-electron chi connectivity index (χ3n) is 3.15. The van der Waals surface area contributed by atoms with Crippen LogP contribution in [0.1, 0.15) is 29.8 Å². The Bertz CT molecular complexity index is 641. The Labute approximate surface area is 121 Å². The van der Waals surface area contributed by atoms with Crippen LogP contribution in [0.4, 0.5) is 0 Å². The normalized spacial score (nSPS) is 15.2. The lowest BCUT2D eigenvalue weighted by Gasteiger charge is -2.20. The number of benzene rings is 1. The summed E-state index contributed by atoms with van der Waals surface area (Å²) in [4.78, 5) is 14.0. The molecule has 19 heavy (non-hydrogen) atoms. The fourth-order valence-corrected chi connectivity index (χ4v) is 3.79. The summed E-state index contributed by atoms with van der Waals surface area (Å²) in [6, 6.07) is 3.29. The Morgan fingerprint density at radius 2 is 2.00 bits per heavy atom. The van der Waals surface area contributed by atoms with Crippen LogP contribution in [-0.4, -0.2) is 32.3 Å². The molecule has 0 atom stereocenters. The number of nitrogens with zero attached hydrogens (tertiary/aromatic N) is 1. The van der Waals surface area contributed by atoms with Gasteiger partial charge in [0.15, 0.2) is 0 Å². The van der Waals surface area contributed by atoms with Crippen LogP contribution in [-0.2, 0) is 16.6 Å². The predicted octanol–water partition coefficient (Wildman–Crippen LogP) is 1.72. The van der Waals surface area contributed by atoms with E-state index in [-0.39, 0.29) is 22.4 Å². The zero-order valence-electron chi connectivity index (χ0n) is 10.9. The molecular weight excluding hydrogens is 332 g/mol. The summed E-state index contributed by atoms with van der Waals surface area (Å²) in [5.74, 6) is -0.230. The summed E-state index contributed by atoms with van der Waals surface area (Å²) in [5, 5.41) is 0. The molecule has 104 valence electrons. The first-order valence-electron chi connectivity index (χ1n) is 5.85. The molecule has 0 spiro atoms. The van der Waals surface area contributed by atoms with Crippen molar-refractivity contribution >= 4 is 31.9 Å². The highest BCUT2D eigenvalue weighted by Gasteiger charge is 2.35. The molecule has 0 aromatic heterocycles. The Kier molecular flexibility index (Phi) is 3.72. The van der Waals surface area contributed by atoms with Gasteiger partial charge in [0, 0.05) is 17.1 Å². The fraction of sp³-hybridized carbons (Fsp3) is 0.417. The van der Waals surface area contributed by atoms with Gasteiger partial charge < -0.3 is 4.90 Å². The Hall–Kier alpha value is -0.920. The molecule has 0 bridgehead atoms. The van der Waals surface area contributed by atoms with Gasteiger partial charge in [0.1, 0.15) is 0 Å². The van der Waals surface area contributed by atoms with Crippen molar-refractivity contribution in [1.82, 2.24) is 9.62 Å². The highest BCUT2D eigenvalue weighted by atomic mass is 79.9. The number of carbonyl (C=O) groups excluding carboxylic acids is 1. The summed E-state index contributed by atoms with van der Waals surface area (Å²) in [7, 11) is -2.32. The van der Waals surface area contributed by atoms with Crippen molar-refractivity contribution in [3.63, 3.8) is 0 Å². The van der Waals surface area contributed by atoms with E-state index in [0.29, 0.717) is 11.0 Å². The van der Waals surface area contributed by atoms with E-state index >= 15 is 0 Å². The topological polar surface area (TPSA) is 66.5 Å². The molecule has 1 heterocycles. The minimum absolute atomic E-state index is 0.0313. The number of hydrogen-bond donors (Lipinski definition) is 1. The van der Waals surface area contributed by atoms with Gasteiger partial charge in [-0.05, 0) is 38.6 Å². The number of amides is 1. The molecule has 1 aliphatic heterocycles. The Morgan fingerprint density at radius 1 is 1.37 bits per heavy atom. The molecule has 0 saturated heterocycles. The smallest absolute Gasteiger partial charge is 0.256 e. The van der Waals surface area contributed by atoms with Crippen LogP contribution in [0.15, 0.2) is 21.5 Å². The van der Waals surface area contributed by atoms with Crippen molar-refractivity contribution in [3.8, 4) is 0 Å². The van der Waals surface area contributed by atoms with Crippen molar-refractivity contribution in [1.29, 1.82) is 0 Å². The van der Waals surface area contributed by atoms with E-state index < -0.39 is 10.0 Å². The number of sulfonamides is 1. The summed E-state index contributed by atoms with van der Waals surface area (Å²) in [6.45, 7) is 4.26. The summed E-state index contributed by atoms with van der Waals surface area (Å²) in [6.07, 6.45) is 0. The molecular formula is C12H15BrN2O3S. The van der Waals surface area contributed by atoms with E-state index in [1.807, 2.05) is 13.8 Å². The molecule has 1 aromatic rings. The van der Waals surface area contributed by atoms with Gasteiger partial charge in [0.2, 0.25) is 10.0 Å². The van der Waals surface area contributed by atoms with E-state index in [0.717, 1.165) is 5.56 Å². The molecule has 1 aromatic carbocycles. The number of nitrogens with one attached hydrogen (secondary N) is 1. The zero-order chi connectivity index (χ0) is 14.4. The number of fused-ring (bicyclic) bond motifs is 1. The van der Waals surface area contributed by atoms with Gasteiger partial charge >= 0.3 is 0 Å². The molecule has 1 N–H and O–H groups in total. The molecule has 5 nitrogen and oxygen atoms in total. The van der Waals surface area contributed by atoms with E-state index in [4.69, 9.17) is 0 Å². The maximum Gasteiger partial charge on any atom is 0.256 e. The minimum atomic E-state index is -3.66. The van der Waals surface area contributed by atoms with Crippen LogP contribution in [0.3, 0.4) is 0 Å². The molecule has 0 unspecified atom stereocenters.